The highest BCUT2D eigenvalue weighted by molar-refractivity contribution is 5.34. The summed E-state index contributed by atoms with van der Waals surface area (Å²) in [5, 5.41) is 13.7. The monoisotopic (exact) mass is 306 g/mol. The Morgan fingerprint density at radius 3 is 2.77 bits per heavy atom. The van der Waals surface area contributed by atoms with E-state index in [0.717, 1.165) is 19.4 Å². The average molecular weight is 306 g/mol. The summed E-state index contributed by atoms with van der Waals surface area (Å²) in [6, 6.07) is 0.401. The number of anilines is 1. The molecule has 2 N–H and O–H groups in total. The van der Waals surface area contributed by atoms with Crippen LogP contribution in [0.3, 0.4) is 0 Å². The van der Waals surface area contributed by atoms with Crippen LogP contribution in [0.25, 0.3) is 0 Å². The second kappa shape index (κ2) is 5.35. The molecular weight excluding hydrogens is 280 g/mol. The fourth-order valence-electron chi connectivity index (χ4n) is 4.77. The van der Waals surface area contributed by atoms with Gasteiger partial charge in [0.15, 0.2) is 5.82 Å². The van der Waals surface area contributed by atoms with Crippen LogP contribution in [0.4, 0.5) is 5.82 Å². The maximum Gasteiger partial charge on any atom is 0.293 e. The van der Waals surface area contributed by atoms with Gasteiger partial charge in [-0.3, -0.25) is 4.79 Å². The third-order valence-corrected chi connectivity index (χ3v) is 5.34. The van der Waals surface area contributed by atoms with Crippen molar-refractivity contribution in [1.29, 1.82) is 0 Å². The van der Waals surface area contributed by atoms with Crippen LogP contribution in [0.15, 0.2) is 17.2 Å². The summed E-state index contributed by atoms with van der Waals surface area (Å²) < 4.78 is 1.50. The molecule has 3 rings (SSSR count). The number of nitrogens with zero attached hydrogens (tertiary/aromatic N) is 3. The SMILES string of the molecule is CC(C)C1N(C)CC12C[C@@H](O)[C@H](Nc1nccn(C)c1=O)C2. The molecule has 1 aromatic heterocycles. The first-order chi connectivity index (χ1) is 10.3. The van der Waals surface area contributed by atoms with Crippen LogP contribution in [0, 0.1) is 11.3 Å². The molecule has 6 nitrogen and oxygen atoms in total. The number of aryl methyl sites for hydroxylation is 1. The zero-order chi connectivity index (χ0) is 16.1. The van der Waals surface area contributed by atoms with Gasteiger partial charge < -0.3 is 19.9 Å². The van der Waals surface area contributed by atoms with Crippen molar-refractivity contribution in [2.45, 2.75) is 44.9 Å². The molecule has 2 fully saturated rings. The van der Waals surface area contributed by atoms with Gasteiger partial charge >= 0.3 is 0 Å². The Morgan fingerprint density at radius 1 is 1.41 bits per heavy atom. The molecule has 1 saturated heterocycles. The summed E-state index contributed by atoms with van der Waals surface area (Å²) in [6.45, 7) is 5.50. The summed E-state index contributed by atoms with van der Waals surface area (Å²) >= 11 is 0. The first-order valence-electron chi connectivity index (χ1n) is 8.00. The van der Waals surface area contributed by atoms with E-state index in [9.17, 15) is 9.90 Å². The van der Waals surface area contributed by atoms with E-state index in [1.807, 2.05) is 0 Å². The Balaban J connectivity index is 1.77. The fourth-order valence-corrected chi connectivity index (χ4v) is 4.77. The quantitative estimate of drug-likeness (QED) is 0.859. The zero-order valence-electron chi connectivity index (χ0n) is 13.8. The van der Waals surface area contributed by atoms with Crippen LogP contribution in [0.5, 0.6) is 0 Å². The Kier molecular flexibility index (Phi) is 3.77. The van der Waals surface area contributed by atoms with E-state index < -0.39 is 6.10 Å². The van der Waals surface area contributed by atoms with E-state index in [-0.39, 0.29) is 17.0 Å². The van der Waals surface area contributed by atoms with Gasteiger partial charge in [-0.1, -0.05) is 13.8 Å². The van der Waals surface area contributed by atoms with Gasteiger partial charge in [0.05, 0.1) is 12.1 Å². The van der Waals surface area contributed by atoms with Crippen LogP contribution in [-0.2, 0) is 7.05 Å². The highest BCUT2D eigenvalue weighted by atomic mass is 16.3. The minimum absolute atomic E-state index is 0.0995. The molecule has 6 heteroatoms. The Hall–Kier alpha value is -1.40. The van der Waals surface area contributed by atoms with Crippen molar-refractivity contribution >= 4 is 5.82 Å². The van der Waals surface area contributed by atoms with E-state index >= 15 is 0 Å². The smallest absolute Gasteiger partial charge is 0.293 e. The Bertz CT molecular complexity index is 610. The molecule has 1 aliphatic carbocycles. The number of likely N-dealkylation sites (tertiary alicyclic amines) is 1. The second-order valence-electron chi connectivity index (χ2n) is 7.38. The predicted molar refractivity (Wildman–Crippen MR) is 85.8 cm³/mol. The lowest BCUT2D eigenvalue weighted by molar-refractivity contribution is -0.0825. The molecule has 1 spiro atoms. The summed E-state index contributed by atoms with van der Waals surface area (Å²) in [4.78, 5) is 18.6. The summed E-state index contributed by atoms with van der Waals surface area (Å²) in [7, 11) is 3.86. The molecule has 2 aliphatic rings. The van der Waals surface area contributed by atoms with E-state index in [1.165, 1.54) is 4.57 Å². The number of rotatable bonds is 3. The summed E-state index contributed by atoms with van der Waals surface area (Å²) in [5.41, 5.74) is 0.0156. The fraction of sp³-hybridized carbons (Fsp3) is 0.750. The standard InChI is InChI=1S/C16H26N4O2/c1-10(2)13-16(9-20(13)4)7-11(12(21)8-16)18-14-15(22)19(3)6-5-17-14/h5-6,10-13,21H,7-9H2,1-4H3,(H,17,18)/t11-,12-,13?,16?/m1/s1. The number of hydrogen-bond donors (Lipinski definition) is 2. The number of hydrogen-bond acceptors (Lipinski definition) is 5. The van der Waals surface area contributed by atoms with E-state index in [4.69, 9.17) is 0 Å². The lowest BCUT2D eigenvalue weighted by atomic mass is 9.66. The minimum Gasteiger partial charge on any atom is -0.391 e. The highest BCUT2D eigenvalue weighted by Gasteiger charge is 2.58. The van der Waals surface area contributed by atoms with Crippen LogP contribution in [0.1, 0.15) is 26.7 Å². The second-order valence-corrected chi connectivity index (χ2v) is 7.38. The largest absolute Gasteiger partial charge is 0.391 e. The van der Waals surface area contributed by atoms with E-state index in [2.05, 4.69) is 36.1 Å². The van der Waals surface area contributed by atoms with Gasteiger partial charge in [-0.15, -0.1) is 0 Å². The van der Waals surface area contributed by atoms with Crippen molar-refractivity contribution in [1.82, 2.24) is 14.5 Å². The molecule has 2 heterocycles. The molecule has 1 aromatic rings. The molecule has 22 heavy (non-hydrogen) atoms. The molecule has 0 radical (unpaired) electrons. The summed E-state index contributed by atoms with van der Waals surface area (Å²) in [5.74, 6) is 0.896. The van der Waals surface area contributed by atoms with Crippen molar-refractivity contribution in [2.24, 2.45) is 18.4 Å². The molecule has 0 aromatic carbocycles. The van der Waals surface area contributed by atoms with Crippen molar-refractivity contribution in [3.05, 3.63) is 22.7 Å². The maximum absolute atomic E-state index is 12.1. The molecule has 0 amide bonds. The molecular formula is C16H26N4O2. The zero-order valence-corrected chi connectivity index (χ0v) is 13.8. The van der Waals surface area contributed by atoms with Crippen molar-refractivity contribution in [3.63, 3.8) is 0 Å². The van der Waals surface area contributed by atoms with Gasteiger partial charge in [-0.2, -0.15) is 0 Å². The lowest BCUT2D eigenvalue weighted by Gasteiger charge is -2.57. The Labute approximate surface area is 131 Å². The molecule has 1 aliphatic heterocycles. The molecule has 2 unspecified atom stereocenters. The van der Waals surface area contributed by atoms with Crippen molar-refractivity contribution < 1.29 is 5.11 Å². The van der Waals surface area contributed by atoms with Crippen molar-refractivity contribution in [2.75, 3.05) is 18.9 Å². The number of aliphatic hydroxyl groups is 1. The highest BCUT2D eigenvalue weighted by Crippen LogP contribution is 2.52. The Morgan fingerprint density at radius 2 is 2.14 bits per heavy atom. The predicted octanol–water partition coefficient (Wildman–Crippen LogP) is 0.672. The first-order valence-corrected chi connectivity index (χ1v) is 8.00. The van der Waals surface area contributed by atoms with Crippen LogP contribution in [0.2, 0.25) is 0 Å². The molecule has 1 saturated carbocycles. The van der Waals surface area contributed by atoms with Crippen LogP contribution >= 0.6 is 0 Å². The molecule has 122 valence electrons. The third kappa shape index (κ3) is 2.34. The molecule has 0 bridgehead atoms. The number of aromatic nitrogens is 2. The summed E-state index contributed by atoms with van der Waals surface area (Å²) in [6.07, 6.45) is 4.50. The van der Waals surface area contributed by atoms with Gasteiger partial charge in [-0.25, -0.2) is 4.98 Å². The lowest BCUT2D eigenvalue weighted by Crippen LogP contribution is -2.64. The number of nitrogens with one attached hydrogen (secondary N) is 1. The van der Waals surface area contributed by atoms with E-state index in [0.29, 0.717) is 17.8 Å². The first kappa shape index (κ1) is 15.5. The third-order valence-electron chi connectivity index (χ3n) is 5.34. The van der Waals surface area contributed by atoms with Crippen LogP contribution < -0.4 is 10.9 Å². The normalized spacial score (nSPS) is 35.1. The van der Waals surface area contributed by atoms with Crippen LogP contribution in [-0.4, -0.2) is 51.3 Å². The molecule has 4 atom stereocenters. The van der Waals surface area contributed by atoms with Gasteiger partial charge in [-0.05, 0) is 25.8 Å². The van der Waals surface area contributed by atoms with Gasteiger partial charge in [0.25, 0.3) is 5.56 Å². The topological polar surface area (TPSA) is 70.4 Å². The van der Waals surface area contributed by atoms with Crippen molar-refractivity contribution in [3.8, 4) is 0 Å². The minimum atomic E-state index is -0.429. The van der Waals surface area contributed by atoms with Gasteiger partial charge in [0.2, 0.25) is 0 Å². The van der Waals surface area contributed by atoms with Gasteiger partial charge in [0, 0.05) is 37.4 Å². The van der Waals surface area contributed by atoms with E-state index in [1.54, 1.807) is 19.4 Å². The van der Waals surface area contributed by atoms with Gasteiger partial charge in [0.1, 0.15) is 0 Å². The maximum atomic E-state index is 12.1. The number of aliphatic hydroxyl groups excluding tert-OH is 1. The average Bonchev–Trinajstić information content (AvgIpc) is 2.72.